The monoisotopic (exact) mass is 294 g/mol. The van der Waals surface area contributed by atoms with Crippen molar-refractivity contribution in [3.05, 3.63) is 33.9 Å². The van der Waals surface area contributed by atoms with Gasteiger partial charge in [0.1, 0.15) is 6.04 Å². The molecule has 0 bridgehead atoms. The van der Waals surface area contributed by atoms with Gasteiger partial charge in [0.05, 0.1) is 10.5 Å². The van der Waals surface area contributed by atoms with E-state index in [4.69, 9.17) is 5.73 Å². The van der Waals surface area contributed by atoms with E-state index in [9.17, 15) is 19.7 Å². The molecule has 0 saturated heterocycles. The Morgan fingerprint density at radius 2 is 1.86 bits per heavy atom. The maximum atomic E-state index is 12.0. The Morgan fingerprint density at radius 1 is 1.24 bits per heavy atom. The Hall–Kier alpha value is -2.64. The number of non-ortho nitro benzene ring substituents is 1. The summed E-state index contributed by atoms with van der Waals surface area (Å²) >= 11 is 0. The van der Waals surface area contributed by atoms with Gasteiger partial charge in [0.25, 0.3) is 11.6 Å². The van der Waals surface area contributed by atoms with Gasteiger partial charge in [0.2, 0.25) is 5.91 Å². The maximum Gasteiger partial charge on any atom is 0.270 e. The first kappa shape index (κ1) is 16.4. The number of carbonyl (C=O) groups is 2. The molecule has 4 N–H and O–H groups in total. The summed E-state index contributed by atoms with van der Waals surface area (Å²) in [6.07, 6.45) is 0. The molecule has 2 amide bonds. The highest BCUT2D eigenvalue weighted by molar-refractivity contribution is 6.01. The number of nitrogens with two attached hydrogens (primary N) is 1. The predicted octanol–water partition coefficient (Wildman–Crippen LogP) is 0.820. The lowest BCUT2D eigenvalue weighted by molar-refractivity contribution is -0.384. The zero-order valence-corrected chi connectivity index (χ0v) is 12.0. The molecule has 0 aliphatic carbocycles. The van der Waals surface area contributed by atoms with Crippen LogP contribution in [0.15, 0.2) is 18.2 Å². The van der Waals surface area contributed by atoms with Crippen molar-refractivity contribution in [2.45, 2.75) is 32.9 Å². The van der Waals surface area contributed by atoms with Crippen LogP contribution >= 0.6 is 0 Å². The number of carbonyl (C=O) groups excluding carboxylic acids is 2. The SMILES string of the molecule is CC(C)NC(=O)C(C)NC(=O)c1cc([N+](=O)[O-])ccc1N. The van der Waals surface area contributed by atoms with Crippen LogP contribution < -0.4 is 16.4 Å². The van der Waals surface area contributed by atoms with Gasteiger partial charge in [-0.3, -0.25) is 19.7 Å². The molecule has 1 unspecified atom stereocenters. The molecule has 0 radical (unpaired) electrons. The van der Waals surface area contributed by atoms with Crippen LogP contribution in [-0.2, 0) is 4.79 Å². The van der Waals surface area contributed by atoms with Crippen LogP contribution in [0.3, 0.4) is 0 Å². The molecule has 1 aromatic carbocycles. The van der Waals surface area contributed by atoms with Crippen molar-refractivity contribution in [2.75, 3.05) is 5.73 Å². The van der Waals surface area contributed by atoms with Gasteiger partial charge in [-0.1, -0.05) is 0 Å². The maximum absolute atomic E-state index is 12.0. The first-order valence-electron chi connectivity index (χ1n) is 6.37. The minimum Gasteiger partial charge on any atom is -0.398 e. The Morgan fingerprint density at radius 3 is 2.38 bits per heavy atom. The number of hydrogen-bond acceptors (Lipinski definition) is 5. The average molecular weight is 294 g/mol. The van der Waals surface area contributed by atoms with Crippen molar-refractivity contribution in [2.24, 2.45) is 0 Å². The van der Waals surface area contributed by atoms with Gasteiger partial charge in [0.15, 0.2) is 0 Å². The Labute approximate surface area is 121 Å². The van der Waals surface area contributed by atoms with Crippen molar-refractivity contribution in [1.29, 1.82) is 0 Å². The predicted molar refractivity (Wildman–Crippen MR) is 77.7 cm³/mol. The van der Waals surface area contributed by atoms with Crippen molar-refractivity contribution < 1.29 is 14.5 Å². The molecular formula is C13H18N4O4. The molecular weight excluding hydrogens is 276 g/mol. The molecule has 0 aliphatic rings. The van der Waals surface area contributed by atoms with Gasteiger partial charge in [-0.2, -0.15) is 0 Å². The van der Waals surface area contributed by atoms with Crippen LogP contribution in [0.5, 0.6) is 0 Å². The summed E-state index contributed by atoms with van der Waals surface area (Å²) in [6.45, 7) is 5.11. The van der Waals surface area contributed by atoms with Crippen LogP contribution in [0, 0.1) is 10.1 Å². The molecule has 0 fully saturated rings. The minimum absolute atomic E-state index is 0.0339. The molecule has 0 aromatic heterocycles. The third-order valence-corrected chi connectivity index (χ3v) is 2.66. The Balaban J connectivity index is 2.87. The highest BCUT2D eigenvalue weighted by atomic mass is 16.6. The average Bonchev–Trinajstić information content (AvgIpc) is 2.37. The smallest absolute Gasteiger partial charge is 0.270 e. The van der Waals surface area contributed by atoms with Gasteiger partial charge < -0.3 is 16.4 Å². The summed E-state index contributed by atoms with van der Waals surface area (Å²) < 4.78 is 0. The first-order valence-corrected chi connectivity index (χ1v) is 6.37. The van der Waals surface area contributed by atoms with Crippen LogP contribution in [-0.4, -0.2) is 28.8 Å². The quantitative estimate of drug-likeness (QED) is 0.421. The second-order valence-electron chi connectivity index (χ2n) is 4.89. The fourth-order valence-corrected chi connectivity index (χ4v) is 1.60. The standard InChI is InChI=1S/C13H18N4O4/c1-7(2)15-12(18)8(3)16-13(19)10-6-9(17(20)21)4-5-11(10)14/h4-8H,14H2,1-3H3,(H,15,18)(H,16,19). The van der Waals surface area contributed by atoms with Gasteiger partial charge in [-0.05, 0) is 26.8 Å². The number of hydrogen-bond donors (Lipinski definition) is 3. The first-order chi connectivity index (χ1) is 9.72. The van der Waals surface area contributed by atoms with Crippen LogP contribution in [0.25, 0.3) is 0 Å². The van der Waals surface area contributed by atoms with Crippen molar-refractivity contribution in [3.8, 4) is 0 Å². The normalized spacial score (nSPS) is 11.8. The molecule has 8 heteroatoms. The summed E-state index contributed by atoms with van der Waals surface area (Å²) in [5.41, 5.74) is 5.47. The molecule has 1 aromatic rings. The molecule has 8 nitrogen and oxygen atoms in total. The highest BCUT2D eigenvalue weighted by Gasteiger charge is 2.20. The number of benzene rings is 1. The molecule has 0 saturated carbocycles. The number of nitro benzene ring substituents is 1. The number of rotatable bonds is 5. The largest absolute Gasteiger partial charge is 0.398 e. The molecule has 1 atom stereocenters. The number of nitrogens with zero attached hydrogens (tertiary/aromatic N) is 1. The van der Waals surface area contributed by atoms with E-state index >= 15 is 0 Å². The third-order valence-electron chi connectivity index (χ3n) is 2.66. The zero-order chi connectivity index (χ0) is 16.2. The number of nitrogens with one attached hydrogen (secondary N) is 2. The Bertz CT molecular complexity index is 571. The van der Waals surface area contributed by atoms with Gasteiger partial charge >= 0.3 is 0 Å². The van der Waals surface area contributed by atoms with Gasteiger partial charge in [-0.15, -0.1) is 0 Å². The minimum atomic E-state index is -0.779. The summed E-state index contributed by atoms with van der Waals surface area (Å²) in [7, 11) is 0. The van der Waals surface area contributed by atoms with Gasteiger partial charge in [0, 0.05) is 23.9 Å². The highest BCUT2D eigenvalue weighted by Crippen LogP contribution is 2.19. The summed E-state index contributed by atoms with van der Waals surface area (Å²) in [5, 5.41) is 15.8. The van der Waals surface area contributed by atoms with E-state index in [-0.39, 0.29) is 28.9 Å². The molecule has 1 rings (SSSR count). The number of nitro groups is 1. The second kappa shape index (κ2) is 6.69. The fourth-order valence-electron chi connectivity index (χ4n) is 1.60. The third kappa shape index (κ3) is 4.44. The lowest BCUT2D eigenvalue weighted by Crippen LogP contribution is -2.46. The van der Waals surface area contributed by atoms with E-state index in [1.807, 2.05) is 0 Å². The van der Waals surface area contributed by atoms with Crippen LogP contribution in [0.2, 0.25) is 0 Å². The summed E-state index contributed by atoms with van der Waals surface area (Å²) in [5.74, 6) is -0.982. The second-order valence-corrected chi connectivity index (χ2v) is 4.89. The van der Waals surface area contributed by atoms with E-state index in [0.29, 0.717) is 0 Å². The lowest BCUT2D eigenvalue weighted by Gasteiger charge is -2.16. The molecule has 0 spiro atoms. The lowest BCUT2D eigenvalue weighted by atomic mass is 10.1. The van der Waals surface area contributed by atoms with Crippen molar-refractivity contribution >= 4 is 23.2 Å². The fraction of sp³-hybridized carbons (Fsp3) is 0.385. The van der Waals surface area contributed by atoms with Crippen molar-refractivity contribution in [3.63, 3.8) is 0 Å². The summed E-state index contributed by atoms with van der Waals surface area (Å²) in [6, 6.07) is 2.74. The van der Waals surface area contributed by atoms with Crippen LogP contribution in [0.4, 0.5) is 11.4 Å². The van der Waals surface area contributed by atoms with E-state index < -0.39 is 16.9 Å². The molecule has 0 heterocycles. The topological polar surface area (TPSA) is 127 Å². The van der Waals surface area contributed by atoms with E-state index in [0.717, 1.165) is 6.07 Å². The molecule has 114 valence electrons. The van der Waals surface area contributed by atoms with Crippen molar-refractivity contribution in [1.82, 2.24) is 10.6 Å². The number of amides is 2. The number of nitrogen functional groups attached to an aromatic ring is 1. The van der Waals surface area contributed by atoms with E-state index in [1.165, 1.54) is 19.1 Å². The molecule has 0 aliphatic heterocycles. The Kier molecular flexibility index (Phi) is 5.23. The van der Waals surface area contributed by atoms with E-state index in [1.54, 1.807) is 13.8 Å². The van der Waals surface area contributed by atoms with Crippen LogP contribution in [0.1, 0.15) is 31.1 Å². The summed E-state index contributed by atoms with van der Waals surface area (Å²) in [4.78, 5) is 33.9. The molecule has 21 heavy (non-hydrogen) atoms. The number of anilines is 1. The van der Waals surface area contributed by atoms with Gasteiger partial charge in [-0.25, -0.2) is 0 Å². The zero-order valence-electron chi connectivity index (χ0n) is 12.0. The van der Waals surface area contributed by atoms with E-state index in [2.05, 4.69) is 10.6 Å².